The maximum atomic E-state index is 13.0. The number of anilines is 1. The number of fused-ring (bicyclic) bond motifs is 1. The number of nitrogens with zero attached hydrogens (tertiary/aromatic N) is 1. The molecule has 1 aliphatic rings. The molecule has 0 radical (unpaired) electrons. The summed E-state index contributed by atoms with van der Waals surface area (Å²) in [6, 6.07) is 4.43. The number of hydrogen-bond acceptors (Lipinski definition) is 3. The van der Waals surface area contributed by atoms with Gasteiger partial charge < -0.3 is 14.7 Å². The molecule has 15 heavy (non-hydrogen) atoms. The van der Waals surface area contributed by atoms with Gasteiger partial charge in [-0.2, -0.15) is 0 Å². The Morgan fingerprint density at radius 1 is 1.53 bits per heavy atom. The van der Waals surface area contributed by atoms with Crippen molar-refractivity contribution in [1.29, 1.82) is 0 Å². The van der Waals surface area contributed by atoms with Crippen molar-refractivity contribution in [2.45, 2.75) is 19.1 Å². The molecule has 1 heterocycles. The quantitative estimate of drug-likeness (QED) is 0.762. The maximum absolute atomic E-state index is 13.0. The summed E-state index contributed by atoms with van der Waals surface area (Å²) in [6.45, 7) is 1.90. The first kappa shape index (κ1) is 10.2. The lowest BCUT2D eigenvalue weighted by atomic mass is 10.1. The molecular formula is C11H14FNO2. The minimum absolute atomic E-state index is 0.0318. The second kappa shape index (κ2) is 3.70. The van der Waals surface area contributed by atoms with Crippen molar-refractivity contribution >= 4 is 5.69 Å². The van der Waals surface area contributed by atoms with E-state index in [1.54, 1.807) is 6.07 Å². The molecule has 1 aromatic carbocycles. The van der Waals surface area contributed by atoms with Crippen molar-refractivity contribution in [3.8, 4) is 5.75 Å². The van der Waals surface area contributed by atoms with E-state index in [2.05, 4.69) is 0 Å². The molecule has 0 fully saturated rings. The van der Waals surface area contributed by atoms with Crippen LogP contribution in [0.15, 0.2) is 18.2 Å². The molecule has 3 nitrogen and oxygen atoms in total. The summed E-state index contributed by atoms with van der Waals surface area (Å²) >= 11 is 0. The molecule has 1 N–H and O–H groups in total. The lowest BCUT2D eigenvalue weighted by Gasteiger charge is -2.38. The molecule has 1 aromatic rings. The van der Waals surface area contributed by atoms with Crippen LogP contribution in [-0.2, 0) is 0 Å². The Morgan fingerprint density at radius 3 is 2.93 bits per heavy atom. The summed E-state index contributed by atoms with van der Waals surface area (Å²) in [5.74, 6) is 0.342. The van der Waals surface area contributed by atoms with Gasteiger partial charge in [0, 0.05) is 13.1 Å². The minimum atomic E-state index is -0.279. The average molecular weight is 211 g/mol. The number of aliphatic hydroxyl groups excluding tert-OH is 1. The third-order valence-corrected chi connectivity index (χ3v) is 2.91. The van der Waals surface area contributed by atoms with Gasteiger partial charge in [0.2, 0.25) is 0 Å². The Hall–Kier alpha value is -1.29. The van der Waals surface area contributed by atoms with E-state index in [9.17, 15) is 4.39 Å². The number of hydrogen-bond donors (Lipinski definition) is 1. The van der Waals surface area contributed by atoms with E-state index >= 15 is 0 Å². The predicted octanol–water partition coefficient (Wildman–Crippen LogP) is 1.40. The van der Waals surface area contributed by atoms with Crippen LogP contribution in [0.3, 0.4) is 0 Å². The van der Waals surface area contributed by atoms with E-state index in [4.69, 9.17) is 9.84 Å². The highest BCUT2D eigenvalue weighted by atomic mass is 19.1. The van der Waals surface area contributed by atoms with Gasteiger partial charge in [0.05, 0.1) is 18.3 Å². The topological polar surface area (TPSA) is 32.7 Å². The van der Waals surface area contributed by atoms with E-state index in [1.807, 2.05) is 18.9 Å². The van der Waals surface area contributed by atoms with Crippen LogP contribution in [0.5, 0.6) is 5.75 Å². The Morgan fingerprint density at radius 2 is 2.27 bits per heavy atom. The van der Waals surface area contributed by atoms with E-state index in [0.29, 0.717) is 5.75 Å². The minimum Gasteiger partial charge on any atom is -0.484 e. The highest BCUT2D eigenvalue weighted by molar-refractivity contribution is 5.60. The van der Waals surface area contributed by atoms with Crippen LogP contribution in [0.25, 0.3) is 0 Å². The first-order valence-electron chi connectivity index (χ1n) is 4.93. The molecule has 2 atom stereocenters. The highest BCUT2D eigenvalue weighted by Crippen LogP contribution is 2.35. The zero-order valence-corrected chi connectivity index (χ0v) is 8.77. The van der Waals surface area contributed by atoms with Crippen LogP contribution >= 0.6 is 0 Å². The van der Waals surface area contributed by atoms with Crippen molar-refractivity contribution in [2.24, 2.45) is 0 Å². The molecule has 0 amide bonds. The summed E-state index contributed by atoms with van der Waals surface area (Å²) < 4.78 is 18.6. The largest absolute Gasteiger partial charge is 0.484 e. The number of benzene rings is 1. The van der Waals surface area contributed by atoms with Gasteiger partial charge in [0.1, 0.15) is 17.7 Å². The van der Waals surface area contributed by atoms with E-state index in [0.717, 1.165) is 5.69 Å². The molecule has 0 aromatic heterocycles. The van der Waals surface area contributed by atoms with Gasteiger partial charge in [-0.15, -0.1) is 0 Å². The van der Waals surface area contributed by atoms with Crippen molar-refractivity contribution in [2.75, 3.05) is 18.6 Å². The second-order valence-electron chi connectivity index (χ2n) is 3.80. The molecule has 2 unspecified atom stereocenters. The number of aliphatic hydroxyl groups is 1. The Labute approximate surface area is 88.1 Å². The van der Waals surface area contributed by atoms with Gasteiger partial charge in [-0.05, 0) is 19.1 Å². The molecule has 0 saturated heterocycles. The lowest BCUT2D eigenvalue weighted by molar-refractivity contribution is 0.0888. The van der Waals surface area contributed by atoms with Crippen molar-refractivity contribution in [3.05, 3.63) is 24.0 Å². The lowest BCUT2D eigenvalue weighted by Crippen LogP contribution is -2.47. The van der Waals surface area contributed by atoms with Crippen molar-refractivity contribution < 1.29 is 14.2 Å². The maximum Gasteiger partial charge on any atom is 0.143 e. The monoisotopic (exact) mass is 211 g/mol. The first-order chi connectivity index (χ1) is 7.13. The van der Waals surface area contributed by atoms with Crippen LogP contribution in [0.1, 0.15) is 6.92 Å². The number of halogens is 1. The van der Waals surface area contributed by atoms with Crippen LogP contribution in [-0.4, -0.2) is 30.9 Å². The van der Waals surface area contributed by atoms with Gasteiger partial charge in [0.25, 0.3) is 0 Å². The number of rotatable bonds is 1. The normalized spacial score (nSPS) is 24.7. The summed E-state index contributed by atoms with van der Waals surface area (Å²) in [7, 11) is 1.87. The second-order valence-corrected chi connectivity index (χ2v) is 3.80. The van der Waals surface area contributed by atoms with Gasteiger partial charge >= 0.3 is 0 Å². The summed E-state index contributed by atoms with van der Waals surface area (Å²) in [4.78, 5) is 1.92. The third-order valence-electron chi connectivity index (χ3n) is 2.91. The van der Waals surface area contributed by atoms with E-state index in [-0.39, 0.29) is 24.6 Å². The van der Waals surface area contributed by atoms with Crippen LogP contribution in [0.4, 0.5) is 10.1 Å². The molecule has 2 rings (SSSR count). The average Bonchev–Trinajstić information content (AvgIpc) is 2.24. The van der Waals surface area contributed by atoms with Crippen LogP contribution < -0.4 is 9.64 Å². The summed E-state index contributed by atoms with van der Waals surface area (Å²) in [5.41, 5.74) is 0.729. The van der Waals surface area contributed by atoms with Gasteiger partial charge in [-0.1, -0.05) is 0 Å². The van der Waals surface area contributed by atoms with Crippen LogP contribution in [0.2, 0.25) is 0 Å². The van der Waals surface area contributed by atoms with Crippen molar-refractivity contribution in [3.63, 3.8) is 0 Å². The summed E-state index contributed by atoms with van der Waals surface area (Å²) in [6.07, 6.45) is -0.257. The molecule has 4 heteroatoms. The van der Waals surface area contributed by atoms with Crippen molar-refractivity contribution in [1.82, 2.24) is 0 Å². The SMILES string of the molecule is CC1C(CO)Oc2ccc(F)cc2N1C. The fourth-order valence-electron chi connectivity index (χ4n) is 1.79. The fraction of sp³-hybridized carbons (Fsp3) is 0.455. The number of ether oxygens (including phenoxy) is 1. The Balaban J connectivity index is 2.40. The third kappa shape index (κ3) is 1.65. The van der Waals surface area contributed by atoms with E-state index in [1.165, 1.54) is 12.1 Å². The van der Waals surface area contributed by atoms with Gasteiger partial charge in [0.15, 0.2) is 0 Å². The fourth-order valence-corrected chi connectivity index (χ4v) is 1.79. The Kier molecular flexibility index (Phi) is 2.52. The molecular weight excluding hydrogens is 197 g/mol. The smallest absolute Gasteiger partial charge is 0.143 e. The zero-order valence-electron chi connectivity index (χ0n) is 8.77. The van der Waals surface area contributed by atoms with Gasteiger partial charge in [-0.3, -0.25) is 0 Å². The predicted molar refractivity (Wildman–Crippen MR) is 55.8 cm³/mol. The molecule has 1 aliphatic heterocycles. The first-order valence-corrected chi connectivity index (χ1v) is 4.93. The highest BCUT2D eigenvalue weighted by Gasteiger charge is 2.30. The zero-order chi connectivity index (χ0) is 11.0. The molecule has 0 aliphatic carbocycles. The van der Waals surface area contributed by atoms with Gasteiger partial charge in [-0.25, -0.2) is 4.39 Å². The standard InChI is InChI=1S/C11H14FNO2/c1-7-11(6-14)15-10-4-3-8(12)5-9(10)13(7)2/h3-5,7,11,14H,6H2,1-2H3. The Bertz CT molecular complexity index is 370. The molecule has 0 bridgehead atoms. The number of likely N-dealkylation sites (N-methyl/N-ethyl adjacent to an activating group) is 1. The molecule has 0 spiro atoms. The molecule has 82 valence electrons. The summed E-state index contributed by atoms with van der Waals surface area (Å²) in [5, 5.41) is 9.13. The molecule has 0 saturated carbocycles. The van der Waals surface area contributed by atoms with E-state index < -0.39 is 0 Å². The van der Waals surface area contributed by atoms with Crippen LogP contribution in [0, 0.1) is 5.82 Å².